The lowest BCUT2D eigenvalue weighted by Gasteiger charge is -2.34. The summed E-state index contributed by atoms with van der Waals surface area (Å²) < 4.78 is 0. The van der Waals surface area contributed by atoms with Gasteiger partial charge >= 0.3 is 5.97 Å². The molecule has 110 valence electrons. The molecule has 1 unspecified atom stereocenters. The van der Waals surface area contributed by atoms with E-state index in [1.165, 1.54) is 31.2 Å². The van der Waals surface area contributed by atoms with Gasteiger partial charge in [0.2, 0.25) is 0 Å². The standard InChI is InChI=1S/C17H25NO2/c1-17(2)8-6-13(7-9-17)14-5-3-4-12(10-14)11-15(18)16(19)20/h3-5,10,13,15H,6-9,11,18H2,1-2H3,(H,19,20). The van der Waals surface area contributed by atoms with Crippen LogP contribution in [0.1, 0.15) is 56.6 Å². The van der Waals surface area contributed by atoms with Gasteiger partial charge in [0.1, 0.15) is 6.04 Å². The first-order valence-electron chi connectivity index (χ1n) is 7.45. The van der Waals surface area contributed by atoms with Crippen molar-refractivity contribution in [3.8, 4) is 0 Å². The molecule has 3 nitrogen and oxygen atoms in total. The smallest absolute Gasteiger partial charge is 0.320 e. The predicted molar refractivity (Wildman–Crippen MR) is 80.7 cm³/mol. The zero-order chi connectivity index (χ0) is 14.8. The van der Waals surface area contributed by atoms with Crippen LogP contribution in [0.2, 0.25) is 0 Å². The number of carboxylic acids is 1. The molecule has 0 aliphatic heterocycles. The Morgan fingerprint density at radius 2 is 2.05 bits per heavy atom. The maximum Gasteiger partial charge on any atom is 0.320 e. The van der Waals surface area contributed by atoms with Crippen LogP contribution in [-0.4, -0.2) is 17.1 Å². The van der Waals surface area contributed by atoms with Crippen LogP contribution in [-0.2, 0) is 11.2 Å². The van der Waals surface area contributed by atoms with Gasteiger partial charge in [0.05, 0.1) is 0 Å². The number of benzene rings is 1. The quantitative estimate of drug-likeness (QED) is 0.886. The van der Waals surface area contributed by atoms with Crippen molar-refractivity contribution in [1.82, 2.24) is 0 Å². The highest BCUT2D eigenvalue weighted by Crippen LogP contribution is 2.42. The monoisotopic (exact) mass is 275 g/mol. The molecule has 1 fully saturated rings. The van der Waals surface area contributed by atoms with Gasteiger partial charge in [-0.15, -0.1) is 0 Å². The molecule has 2 rings (SSSR count). The van der Waals surface area contributed by atoms with Gasteiger partial charge in [-0.25, -0.2) is 0 Å². The van der Waals surface area contributed by atoms with E-state index in [0.29, 0.717) is 17.8 Å². The Balaban J connectivity index is 2.05. The van der Waals surface area contributed by atoms with Crippen molar-refractivity contribution in [1.29, 1.82) is 0 Å². The first kappa shape index (κ1) is 15.0. The van der Waals surface area contributed by atoms with Crippen LogP contribution >= 0.6 is 0 Å². The Labute approximate surface area is 121 Å². The molecule has 0 aromatic heterocycles. The van der Waals surface area contributed by atoms with Crippen LogP contribution < -0.4 is 5.73 Å². The van der Waals surface area contributed by atoms with Crippen molar-refractivity contribution in [3.05, 3.63) is 35.4 Å². The normalized spacial score (nSPS) is 20.6. The lowest BCUT2D eigenvalue weighted by atomic mass is 9.71. The first-order chi connectivity index (χ1) is 9.37. The van der Waals surface area contributed by atoms with Gasteiger partial charge in [-0.1, -0.05) is 38.1 Å². The number of rotatable bonds is 4. The summed E-state index contributed by atoms with van der Waals surface area (Å²) in [6, 6.07) is 7.50. The average molecular weight is 275 g/mol. The first-order valence-corrected chi connectivity index (χ1v) is 7.45. The number of nitrogens with two attached hydrogens (primary N) is 1. The Bertz CT molecular complexity index is 472. The van der Waals surface area contributed by atoms with Crippen molar-refractivity contribution >= 4 is 5.97 Å². The molecule has 1 aromatic carbocycles. The van der Waals surface area contributed by atoms with E-state index in [-0.39, 0.29) is 0 Å². The lowest BCUT2D eigenvalue weighted by molar-refractivity contribution is -0.138. The summed E-state index contributed by atoms with van der Waals surface area (Å²) in [5.41, 5.74) is 8.46. The predicted octanol–water partition coefficient (Wildman–Crippen LogP) is 3.32. The molecule has 1 aliphatic carbocycles. The maximum atomic E-state index is 10.8. The molecule has 3 heteroatoms. The third kappa shape index (κ3) is 3.83. The molecule has 3 N–H and O–H groups in total. The van der Waals surface area contributed by atoms with Crippen molar-refractivity contribution in [2.24, 2.45) is 11.1 Å². The van der Waals surface area contributed by atoms with Gasteiger partial charge in [-0.05, 0) is 54.6 Å². The number of hydrogen-bond donors (Lipinski definition) is 2. The van der Waals surface area contributed by atoms with E-state index in [1.807, 2.05) is 12.1 Å². The molecule has 0 amide bonds. The third-order valence-electron chi connectivity index (χ3n) is 4.53. The summed E-state index contributed by atoms with van der Waals surface area (Å²) in [7, 11) is 0. The van der Waals surface area contributed by atoms with E-state index in [0.717, 1.165) is 5.56 Å². The zero-order valence-corrected chi connectivity index (χ0v) is 12.4. The molecule has 1 aromatic rings. The van der Waals surface area contributed by atoms with E-state index in [4.69, 9.17) is 10.8 Å². The van der Waals surface area contributed by atoms with Crippen LogP contribution in [0.5, 0.6) is 0 Å². The zero-order valence-electron chi connectivity index (χ0n) is 12.4. The van der Waals surface area contributed by atoms with Gasteiger partial charge in [-0.3, -0.25) is 4.79 Å². The molecule has 0 spiro atoms. The van der Waals surface area contributed by atoms with E-state index in [2.05, 4.69) is 26.0 Å². The second-order valence-corrected chi connectivity index (χ2v) is 6.83. The van der Waals surface area contributed by atoms with Crippen LogP contribution in [0.25, 0.3) is 0 Å². The van der Waals surface area contributed by atoms with Gasteiger partial charge in [0, 0.05) is 0 Å². The molecule has 0 saturated heterocycles. The summed E-state index contributed by atoms with van der Waals surface area (Å²) in [5.74, 6) is -0.321. The molecule has 1 atom stereocenters. The van der Waals surface area contributed by atoms with Crippen molar-refractivity contribution < 1.29 is 9.90 Å². The van der Waals surface area contributed by atoms with E-state index in [1.54, 1.807) is 0 Å². The molecule has 0 radical (unpaired) electrons. The minimum Gasteiger partial charge on any atom is -0.480 e. The Hall–Kier alpha value is -1.35. The summed E-state index contributed by atoms with van der Waals surface area (Å²) in [6.07, 6.45) is 5.37. The third-order valence-corrected chi connectivity index (χ3v) is 4.53. The molecule has 1 saturated carbocycles. The van der Waals surface area contributed by atoms with Crippen LogP contribution in [0, 0.1) is 5.41 Å². The molecule has 0 bridgehead atoms. The van der Waals surface area contributed by atoms with Crippen LogP contribution in [0.3, 0.4) is 0 Å². The fourth-order valence-electron chi connectivity index (χ4n) is 3.05. The van der Waals surface area contributed by atoms with E-state index in [9.17, 15) is 4.79 Å². The molecular weight excluding hydrogens is 250 g/mol. The number of aliphatic carboxylic acids is 1. The van der Waals surface area contributed by atoms with Crippen molar-refractivity contribution in [2.75, 3.05) is 0 Å². The SMILES string of the molecule is CC1(C)CCC(c2cccc(CC(N)C(=O)O)c2)CC1. The Kier molecular flexibility index (Phi) is 4.48. The summed E-state index contributed by atoms with van der Waals surface area (Å²) in [5, 5.41) is 8.89. The average Bonchev–Trinajstić information content (AvgIpc) is 2.38. The highest BCUT2D eigenvalue weighted by atomic mass is 16.4. The van der Waals surface area contributed by atoms with Crippen LogP contribution in [0.4, 0.5) is 0 Å². The van der Waals surface area contributed by atoms with Gasteiger partial charge in [0.15, 0.2) is 0 Å². The minimum atomic E-state index is -0.935. The topological polar surface area (TPSA) is 63.3 Å². The summed E-state index contributed by atoms with van der Waals surface area (Å²) in [4.78, 5) is 10.8. The number of carboxylic acid groups (broad SMARTS) is 1. The largest absolute Gasteiger partial charge is 0.480 e. The molecule has 0 heterocycles. The van der Waals surface area contributed by atoms with Gasteiger partial charge in [0.25, 0.3) is 0 Å². The van der Waals surface area contributed by atoms with Gasteiger partial charge in [-0.2, -0.15) is 0 Å². The van der Waals surface area contributed by atoms with Crippen LogP contribution in [0.15, 0.2) is 24.3 Å². The van der Waals surface area contributed by atoms with Gasteiger partial charge < -0.3 is 10.8 Å². The van der Waals surface area contributed by atoms with E-state index >= 15 is 0 Å². The van der Waals surface area contributed by atoms with E-state index < -0.39 is 12.0 Å². The fraction of sp³-hybridized carbons (Fsp3) is 0.588. The highest BCUT2D eigenvalue weighted by Gasteiger charge is 2.27. The Morgan fingerprint density at radius 1 is 1.40 bits per heavy atom. The number of carbonyl (C=O) groups is 1. The fourth-order valence-corrected chi connectivity index (χ4v) is 3.05. The second kappa shape index (κ2) is 5.96. The maximum absolute atomic E-state index is 10.8. The second-order valence-electron chi connectivity index (χ2n) is 6.83. The number of hydrogen-bond acceptors (Lipinski definition) is 2. The molecular formula is C17H25NO2. The summed E-state index contributed by atoms with van der Waals surface area (Å²) in [6.45, 7) is 4.68. The molecule has 20 heavy (non-hydrogen) atoms. The highest BCUT2D eigenvalue weighted by molar-refractivity contribution is 5.73. The van der Waals surface area contributed by atoms with Crippen molar-refractivity contribution in [3.63, 3.8) is 0 Å². The Morgan fingerprint density at radius 3 is 2.65 bits per heavy atom. The minimum absolute atomic E-state index is 0.404. The van der Waals surface area contributed by atoms with Crippen molar-refractivity contribution in [2.45, 2.75) is 57.9 Å². The molecule has 1 aliphatic rings. The lowest BCUT2D eigenvalue weighted by Crippen LogP contribution is -2.32. The summed E-state index contributed by atoms with van der Waals surface area (Å²) >= 11 is 0.